The van der Waals surface area contributed by atoms with E-state index in [1.807, 2.05) is 27.8 Å². The summed E-state index contributed by atoms with van der Waals surface area (Å²) in [6.07, 6.45) is 5.01. The average molecular weight is 342 g/mol. The molecule has 1 aliphatic rings. The van der Waals surface area contributed by atoms with Gasteiger partial charge in [-0.3, -0.25) is 0 Å². The van der Waals surface area contributed by atoms with E-state index in [-0.39, 0.29) is 0 Å². The lowest BCUT2D eigenvalue weighted by Gasteiger charge is -2.25. The highest BCUT2D eigenvalue weighted by atomic mass is 79.9. The Balaban J connectivity index is 2.45. The van der Waals surface area contributed by atoms with Crippen LogP contribution in [0, 0.1) is 0 Å². The molecule has 1 heterocycles. The lowest BCUT2D eigenvalue weighted by Crippen LogP contribution is -2.26. The molecule has 0 saturated heterocycles. The van der Waals surface area contributed by atoms with E-state index >= 15 is 0 Å². The molecule has 0 radical (unpaired) electrons. The maximum Gasteiger partial charge on any atom is 0.162 e. The van der Waals surface area contributed by atoms with E-state index in [1.165, 1.54) is 25.7 Å². The standard InChI is InChI=1S/C15H24BrN3O/c1-5-20-15(2,3)14-18-12(10-8-6-7-9-10)11(16)13(17-4)19-14/h10H,5-9H2,1-4H3,(H,17,18,19). The maximum absolute atomic E-state index is 5.80. The van der Waals surface area contributed by atoms with Crippen molar-refractivity contribution in [1.82, 2.24) is 9.97 Å². The Morgan fingerprint density at radius 1 is 1.30 bits per heavy atom. The molecule has 2 rings (SSSR count). The number of aromatic nitrogens is 2. The maximum atomic E-state index is 5.80. The summed E-state index contributed by atoms with van der Waals surface area (Å²) in [5.41, 5.74) is 0.665. The summed E-state index contributed by atoms with van der Waals surface area (Å²) in [6, 6.07) is 0. The molecule has 5 heteroatoms. The minimum absolute atomic E-state index is 0.464. The normalized spacial score (nSPS) is 16.6. The Kier molecular flexibility index (Phi) is 5.02. The summed E-state index contributed by atoms with van der Waals surface area (Å²) in [7, 11) is 1.89. The zero-order valence-electron chi connectivity index (χ0n) is 12.8. The first-order valence-electron chi connectivity index (χ1n) is 7.39. The zero-order chi connectivity index (χ0) is 14.8. The molecule has 0 atom stereocenters. The number of nitrogens with one attached hydrogen (secondary N) is 1. The first kappa shape index (κ1) is 15.7. The van der Waals surface area contributed by atoms with Crippen molar-refractivity contribution in [2.24, 2.45) is 0 Å². The third-order valence-corrected chi connectivity index (χ3v) is 4.68. The molecule has 4 nitrogen and oxygen atoms in total. The largest absolute Gasteiger partial charge is 0.372 e. The number of halogens is 1. The van der Waals surface area contributed by atoms with Crippen molar-refractivity contribution in [2.75, 3.05) is 19.0 Å². The molecule has 1 aliphatic carbocycles. The molecule has 1 aromatic rings. The first-order valence-corrected chi connectivity index (χ1v) is 8.18. The van der Waals surface area contributed by atoms with Crippen molar-refractivity contribution in [2.45, 2.75) is 58.0 Å². The van der Waals surface area contributed by atoms with Gasteiger partial charge >= 0.3 is 0 Å². The van der Waals surface area contributed by atoms with Gasteiger partial charge < -0.3 is 10.1 Å². The number of hydrogen-bond donors (Lipinski definition) is 1. The number of anilines is 1. The summed E-state index contributed by atoms with van der Waals surface area (Å²) in [5, 5.41) is 3.16. The SMILES string of the molecule is CCOC(C)(C)c1nc(NC)c(Br)c(C2CCCC2)n1. The van der Waals surface area contributed by atoms with E-state index in [0.717, 1.165) is 21.8 Å². The minimum atomic E-state index is -0.464. The highest BCUT2D eigenvalue weighted by Crippen LogP contribution is 2.39. The van der Waals surface area contributed by atoms with E-state index in [0.29, 0.717) is 12.5 Å². The monoisotopic (exact) mass is 341 g/mol. The van der Waals surface area contributed by atoms with Gasteiger partial charge in [-0.15, -0.1) is 0 Å². The summed E-state index contributed by atoms with van der Waals surface area (Å²) in [5.74, 6) is 2.15. The van der Waals surface area contributed by atoms with Crippen LogP contribution in [0.25, 0.3) is 0 Å². The summed E-state index contributed by atoms with van der Waals surface area (Å²) < 4.78 is 6.81. The second kappa shape index (κ2) is 6.39. The van der Waals surface area contributed by atoms with Crippen molar-refractivity contribution in [1.29, 1.82) is 0 Å². The van der Waals surface area contributed by atoms with Crippen LogP contribution in [0.5, 0.6) is 0 Å². The molecular weight excluding hydrogens is 318 g/mol. The molecule has 0 aliphatic heterocycles. The van der Waals surface area contributed by atoms with Crippen LogP contribution in [0.3, 0.4) is 0 Å². The quantitative estimate of drug-likeness (QED) is 0.871. The van der Waals surface area contributed by atoms with Crippen LogP contribution in [0.4, 0.5) is 5.82 Å². The lowest BCUT2D eigenvalue weighted by atomic mass is 10.0. The molecule has 0 aromatic carbocycles. The van der Waals surface area contributed by atoms with Crippen LogP contribution in [0.2, 0.25) is 0 Å². The molecule has 20 heavy (non-hydrogen) atoms. The van der Waals surface area contributed by atoms with Gasteiger partial charge in [0.1, 0.15) is 11.4 Å². The number of hydrogen-bond acceptors (Lipinski definition) is 4. The molecule has 0 unspecified atom stereocenters. The smallest absolute Gasteiger partial charge is 0.162 e. The van der Waals surface area contributed by atoms with Gasteiger partial charge in [0.2, 0.25) is 0 Å². The second-order valence-corrected chi connectivity index (χ2v) is 6.56. The second-order valence-electron chi connectivity index (χ2n) is 5.77. The van der Waals surface area contributed by atoms with Crippen molar-refractivity contribution < 1.29 is 4.74 Å². The van der Waals surface area contributed by atoms with Gasteiger partial charge in [-0.25, -0.2) is 9.97 Å². The van der Waals surface area contributed by atoms with Crippen molar-refractivity contribution in [3.8, 4) is 0 Å². The predicted molar refractivity (Wildman–Crippen MR) is 85.1 cm³/mol. The van der Waals surface area contributed by atoms with E-state index in [2.05, 4.69) is 26.2 Å². The summed E-state index contributed by atoms with van der Waals surface area (Å²) in [6.45, 7) is 6.70. The van der Waals surface area contributed by atoms with Gasteiger partial charge in [-0.05, 0) is 49.5 Å². The Morgan fingerprint density at radius 2 is 1.95 bits per heavy atom. The molecule has 1 saturated carbocycles. The molecule has 1 fully saturated rings. The molecule has 0 amide bonds. The van der Waals surface area contributed by atoms with Gasteiger partial charge in [0, 0.05) is 19.6 Å². The van der Waals surface area contributed by atoms with E-state index in [9.17, 15) is 0 Å². The third-order valence-electron chi connectivity index (χ3n) is 3.90. The number of rotatable bonds is 5. The Morgan fingerprint density at radius 3 is 2.50 bits per heavy atom. The van der Waals surface area contributed by atoms with Gasteiger partial charge in [0.25, 0.3) is 0 Å². The Hall–Kier alpha value is -0.680. The van der Waals surface area contributed by atoms with Gasteiger partial charge in [0.15, 0.2) is 5.82 Å². The van der Waals surface area contributed by atoms with Crippen LogP contribution < -0.4 is 5.32 Å². The summed E-state index contributed by atoms with van der Waals surface area (Å²) >= 11 is 3.66. The van der Waals surface area contributed by atoms with Gasteiger partial charge in [0.05, 0.1) is 10.2 Å². The van der Waals surface area contributed by atoms with Crippen LogP contribution in [0.1, 0.15) is 63.9 Å². The molecule has 1 aromatic heterocycles. The molecule has 0 spiro atoms. The molecule has 112 valence electrons. The average Bonchev–Trinajstić information content (AvgIpc) is 2.92. The Bertz CT molecular complexity index is 470. The van der Waals surface area contributed by atoms with Gasteiger partial charge in [-0.2, -0.15) is 0 Å². The van der Waals surface area contributed by atoms with Crippen molar-refractivity contribution >= 4 is 21.7 Å². The molecule has 0 bridgehead atoms. The highest BCUT2D eigenvalue weighted by Gasteiger charge is 2.29. The van der Waals surface area contributed by atoms with E-state index in [1.54, 1.807) is 0 Å². The predicted octanol–water partition coefficient (Wildman–Crippen LogP) is 4.21. The molecule has 1 N–H and O–H groups in total. The van der Waals surface area contributed by atoms with E-state index < -0.39 is 5.60 Å². The van der Waals surface area contributed by atoms with E-state index in [4.69, 9.17) is 9.72 Å². The first-order chi connectivity index (χ1) is 9.49. The van der Waals surface area contributed by atoms with Crippen LogP contribution in [-0.2, 0) is 10.3 Å². The van der Waals surface area contributed by atoms with Crippen molar-refractivity contribution in [3.05, 3.63) is 16.0 Å². The fourth-order valence-corrected chi connectivity index (χ4v) is 3.49. The molecular formula is C15H24BrN3O. The third kappa shape index (κ3) is 3.14. The fraction of sp³-hybridized carbons (Fsp3) is 0.733. The topological polar surface area (TPSA) is 47.0 Å². The van der Waals surface area contributed by atoms with Crippen LogP contribution >= 0.6 is 15.9 Å². The number of ether oxygens (including phenoxy) is 1. The Labute approximate surface area is 129 Å². The van der Waals surface area contributed by atoms with Crippen LogP contribution in [0.15, 0.2) is 4.47 Å². The fourth-order valence-electron chi connectivity index (χ4n) is 2.79. The summed E-state index contributed by atoms with van der Waals surface area (Å²) in [4.78, 5) is 9.45. The lowest BCUT2D eigenvalue weighted by molar-refractivity contribution is -0.0209. The van der Waals surface area contributed by atoms with Crippen LogP contribution in [-0.4, -0.2) is 23.6 Å². The number of nitrogens with zero attached hydrogens (tertiary/aromatic N) is 2. The van der Waals surface area contributed by atoms with Gasteiger partial charge in [-0.1, -0.05) is 12.8 Å². The zero-order valence-corrected chi connectivity index (χ0v) is 14.4. The minimum Gasteiger partial charge on any atom is -0.372 e. The highest BCUT2D eigenvalue weighted by molar-refractivity contribution is 9.10. The van der Waals surface area contributed by atoms with Crippen molar-refractivity contribution in [3.63, 3.8) is 0 Å².